The van der Waals surface area contributed by atoms with Gasteiger partial charge in [-0.05, 0) is 36.5 Å². The predicted octanol–water partition coefficient (Wildman–Crippen LogP) is -0.161. The number of aromatic amines is 2. The smallest absolute Gasteiger partial charge is 0.326 e. The van der Waals surface area contributed by atoms with Gasteiger partial charge in [0.2, 0.25) is 17.7 Å². The third-order valence-electron chi connectivity index (χ3n) is 7.54. The second-order valence-electron chi connectivity index (χ2n) is 11.1. The lowest BCUT2D eigenvalue weighted by atomic mass is 10.0. The molecule has 12 N–H and O–H groups in total. The number of aliphatic carboxylic acids is 1. The topological polar surface area (TPSA) is 259 Å². The van der Waals surface area contributed by atoms with Crippen LogP contribution >= 0.6 is 0 Å². The highest BCUT2D eigenvalue weighted by Crippen LogP contribution is 2.19. The summed E-state index contributed by atoms with van der Waals surface area (Å²) in [5.41, 5.74) is 20.0. The summed E-state index contributed by atoms with van der Waals surface area (Å²) in [4.78, 5) is 66.6. The molecule has 15 nitrogen and oxygen atoms in total. The molecule has 248 valence electrons. The number of carboxylic acids is 1. The van der Waals surface area contributed by atoms with Crippen molar-refractivity contribution >= 4 is 40.6 Å². The van der Waals surface area contributed by atoms with Crippen LogP contribution in [-0.4, -0.2) is 80.4 Å². The summed E-state index contributed by atoms with van der Waals surface area (Å²) in [6.45, 7) is 0.200. The molecule has 4 atom stereocenters. The van der Waals surface area contributed by atoms with E-state index in [2.05, 4.69) is 35.9 Å². The summed E-state index contributed by atoms with van der Waals surface area (Å²) in [6, 6.07) is 12.1. The van der Waals surface area contributed by atoms with Crippen LogP contribution in [0.5, 0.6) is 0 Å². The molecule has 0 radical (unpaired) electrons. The molecule has 0 spiro atoms. The summed E-state index contributed by atoms with van der Waals surface area (Å²) < 4.78 is 0. The maximum Gasteiger partial charge on any atom is 0.326 e. The number of aromatic nitrogens is 3. The van der Waals surface area contributed by atoms with Gasteiger partial charge in [-0.1, -0.05) is 48.5 Å². The Hall–Kier alpha value is -5.70. The van der Waals surface area contributed by atoms with Crippen molar-refractivity contribution in [2.45, 2.75) is 56.3 Å². The monoisotopic (exact) mass is 644 g/mol. The Kier molecular flexibility index (Phi) is 12.0. The number of aliphatic imine (C=N–C) groups is 1. The molecule has 0 saturated carbocycles. The number of carbonyl (C=O) groups excluding carboxylic acids is 3. The average molecular weight is 645 g/mol. The van der Waals surface area contributed by atoms with Crippen molar-refractivity contribution in [1.82, 2.24) is 30.9 Å². The Labute approximate surface area is 270 Å². The number of carboxylic acid groups (broad SMARTS) is 1. The van der Waals surface area contributed by atoms with Crippen LogP contribution in [-0.2, 0) is 38.4 Å². The van der Waals surface area contributed by atoms with Crippen molar-refractivity contribution in [3.05, 3.63) is 90.1 Å². The maximum absolute atomic E-state index is 13.8. The number of H-pyrrole nitrogens is 2. The number of amides is 3. The zero-order valence-electron chi connectivity index (χ0n) is 25.7. The number of fused-ring (bicyclic) bond motifs is 1. The SMILES string of the molecule is NC(N)=NCCCC(NC(=O)C(N)Cc1ccccc1)C(=O)NC(Cc1c[nH]c2ccccc12)C(=O)NC(Cc1cnc[nH]1)C(=O)O. The van der Waals surface area contributed by atoms with Gasteiger partial charge in [0.15, 0.2) is 5.96 Å². The van der Waals surface area contributed by atoms with E-state index in [0.717, 1.165) is 22.0 Å². The summed E-state index contributed by atoms with van der Waals surface area (Å²) >= 11 is 0. The molecule has 47 heavy (non-hydrogen) atoms. The fraction of sp³-hybridized carbons (Fsp3) is 0.312. The van der Waals surface area contributed by atoms with E-state index >= 15 is 0 Å². The first-order valence-corrected chi connectivity index (χ1v) is 15.1. The third kappa shape index (κ3) is 10.2. The van der Waals surface area contributed by atoms with Crippen molar-refractivity contribution in [3.8, 4) is 0 Å². The lowest BCUT2D eigenvalue weighted by Gasteiger charge is -2.25. The number of benzene rings is 2. The lowest BCUT2D eigenvalue weighted by Crippen LogP contribution is -2.58. The van der Waals surface area contributed by atoms with Crippen LogP contribution in [0.4, 0.5) is 0 Å². The minimum absolute atomic E-state index is 0.0279. The van der Waals surface area contributed by atoms with E-state index in [9.17, 15) is 24.3 Å². The number of hydrogen-bond acceptors (Lipinski definition) is 7. The lowest BCUT2D eigenvalue weighted by molar-refractivity contribution is -0.142. The van der Waals surface area contributed by atoms with E-state index in [4.69, 9.17) is 17.2 Å². The molecule has 0 aliphatic rings. The molecule has 0 bridgehead atoms. The normalized spacial score (nSPS) is 13.6. The first-order chi connectivity index (χ1) is 22.6. The Morgan fingerprint density at radius 3 is 2.21 bits per heavy atom. The van der Waals surface area contributed by atoms with Gasteiger partial charge in [-0.3, -0.25) is 19.4 Å². The molecule has 15 heteroatoms. The Morgan fingerprint density at radius 1 is 0.830 bits per heavy atom. The molecule has 2 aromatic heterocycles. The maximum atomic E-state index is 13.8. The van der Waals surface area contributed by atoms with Gasteiger partial charge in [0.1, 0.15) is 18.1 Å². The Morgan fingerprint density at radius 2 is 1.51 bits per heavy atom. The van der Waals surface area contributed by atoms with Crippen LogP contribution in [0.1, 0.15) is 29.7 Å². The fourth-order valence-corrected chi connectivity index (χ4v) is 5.10. The molecule has 0 fully saturated rings. The molecule has 0 saturated heterocycles. The summed E-state index contributed by atoms with van der Waals surface area (Å²) in [5.74, 6) is -3.31. The van der Waals surface area contributed by atoms with Gasteiger partial charge in [-0.2, -0.15) is 0 Å². The van der Waals surface area contributed by atoms with E-state index in [1.54, 1.807) is 6.20 Å². The van der Waals surface area contributed by atoms with Crippen molar-refractivity contribution in [3.63, 3.8) is 0 Å². The molecule has 4 rings (SSSR count). The minimum atomic E-state index is -1.31. The number of imidazole rings is 1. The van der Waals surface area contributed by atoms with Crippen LogP contribution in [0.2, 0.25) is 0 Å². The number of para-hydroxylation sites is 1. The molecule has 4 aromatic rings. The zero-order chi connectivity index (χ0) is 33.8. The highest BCUT2D eigenvalue weighted by Gasteiger charge is 2.31. The third-order valence-corrected chi connectivity index (χ3v) is 7.54. The van der Waals surface area contributed by atoms with Crippen LogP contribution in [0, 0.1) is 0 Å². The molecule has 2 aromatic carbocycles. The Balaban J connectivity index is 1.55. The second-order valence-corrected chi connectivity index (χ2v) is 11.1. The van der Waals surface area contributed by atoms with Gasteiger partial charge in [0.25, 0.3) is 0 Å². The second kappa shape index (κ2) is 16.6. The summed E-state index contributed by atoms with van der Waals surface area (Å²) in [7, 11) is 0. The van der Waals surface area contributed by atoms with Crippen molar-refractivity contribution in [2.24, 2.45) is 22.2 Å². The number of guanidine groups is 1. The van der Waals surface area contributed by atoms with Crippen LogP contribution in [0.3, 0.4) is 0 Å². The minimum Gasteiger partial charge on any atom is -0.480 e. The van der Waals surface area contributed by atoms with E-state index in [1.807, 2.05) is 54.6 Å². The largest absolute Gasteiger partial charge is 0.480 e. The van der Waals surface area contributed by atoms with Crippen LogP contribution in [0.25, 0.3) is 10.9 Å². The highest BCUT2D eigenvalue weighted by atomic mass is 16.4. The van der Waals surface area contributed by atoms with Crippen LogP contribution in [0.15, 0.2) is 78.3 Å². The molecule has 4 unspecified atom stereocenters. The first-order valence-electron chi connectivity index (χ1n) is 15.1. The number of nitrogens with two attached hydrogens (primary N) is 3. The highest BCUT2D eigenvalue weighted by molar-refractivity contribution is 5.95. The van der Waals surface area contributed by atoms with Gasteiger partial charge in [-0.15, -0.1) is 0 Å². The molecule has 2 heterocycles. The summed E-state index contributed by atoms with van der Waals surface area (Å²) in [5, 5.41) is 18.7. The zero-order valence-corrected chi connectivity index (χ0v) is 25.7. The molecule has 0 aliphatic heterocycles. The van der Waals surface area contributed by atoms with Crippen molar-refractivity contribution < 1.29 is 24.3 Å². The molecular formula is C32H40N10O5. The van der Waals surface area contributed by atoms with E-state index in [0.29, 0.717) is 12.1 Å². The molecule has 0 aliphatic carbocycles. The quantitative estimate of drug-likeness (QED) is 0.0419. The standard InChI is InChI=1S/C32H40N10O5/c33-23(13-19-7-2-1-3-8-19)28(43)40-25(11-6-12-37-32(34)35)29(44)41-26(14-20-16-38-24-10-5-4-9-22(20)24)30(45)42-27(31(46)47)15-21-17-36-18-39-21/h1-5,7-10,16-18,23,25-27,38H,6,11-15,33H2,(H,36,39)(H,40,43)(H,41,44)(H,42,45)(H,46,47)(H4,34,35,37). The van der Waals surface area contributed by atoms with E-state index in [1.165, 1.54) is 12.5 Å². The Bertz CT molecular complexity index is 1670. The number of carbonyl (C=O) groups is 4. The van der Waals surface area contributed by atoms with Gasteiger partial charge in [-0.25, -0.2) is 9.78 Å². The average Bonchev–Trinajstić information content (AvgIpc) is 3.72. The van der Waals surface area contributed by atoms with Crippen LogP contribution < -0.4 is 33.2 Å². The molecular weight excluding hydrogens is 604 g/mol. The van der Waals surface area contributed by atoms with E-state index < -0.39 is 47.9 Å². The number of nitrogens with zero attached hydrogens (tertiary/aromatic N) is 2. The first kappa shape index (κ1) is 34.2. The van der Waals surface area contributed by atoms with Gasteiger partial charge < -0.3 is 48.2 Å². The number of hydrogen-bond donors (Lipinski definition) is 9. The van der Waals surface area contributed by atoms with Gasteiger partial charge in [0.05, 0.1) is 12.4 Å². The van der Waals surface area contributed by atoms with E-state index in [-0.39, 0.29) is 38.2 Å². The van der Waals surface area contributed by atoms with Crippen molar-refractivity contribution in [1.29, 1.82) is 0 Å². The number of rotatable bonds is 17. The summed E-state index contributed by atoms with van der Waals surface area (Å²) in [6.07, 6.45) is 5.27. The predicted molar refractivity (Wildman–Crippen MR) is 176 cm³/mol. The number of nitrogens with one attached hydrogen (secondary N) is 5. The fourth-order valence-electron chi connectivity index (χ4n) is 5.10. The molecule has 3 amide bonds. The van der Waals surface area contributed by atoms with Gasteiger partial charge in [0, 0.05) is 48.4 Å². The van der Waals surface area contributed by atoms with Gasteiger partial charge >= 0.3 is 5.97 Å². The van der Waals surface area contributed by atoms with Crippen molar-refractivity contribution in [2.75, 3.05) is 6.54 Å².